The number of ether oxygens (including phenoxy) is 1. The number of nitriles is 1. The van der Waals surface area contributed by atoms with Gasteiger partial charge in [0.05, 0.1) is 24.1 Å². The molecule has 182 valence electrons. The molecule has 7 nitrogen and oxygen atoms in total. The number of aromatic hydroxyl groups is 1. The summed E-state index contributed by atoms with van der Waals surface area (Å²) in [5.74, 6) is 0.115. The Hall–Kier alpha value is -3.63. The largest absolute Gasteiger partial charge is 0.508 e. The second-order valence-corrected chi connectivity index (χ2v) is 9.22. The van der Waals surface area contributed by atoms with Crippen molar-refractivity contribution in [3.8, 4) is 34.2 Å². The highest BCUT2D eigenvalue weighted by molar-refractivity contribution is 5.83. The number of nitrogens with zero attached hydrogens (tertiary/aromatic N) is 3. The Morgan fingerprint density at radius 3 is 2.46 bits per heavy atom. The molecule has 0 aliphatic heterocycles. The van der Waals surface area contributed by atoms with E-state index in [0.29, 0.717) is 31.3 Å². The van der Waals surface area contributed by atoms with Crippen molar-refractivity contribution in [3.05, 3.63) is 60.3 Å². The van der Waals surface area contributed by atoms with E-state index in [1.807, 2.05) is 30.3 Å². The Kier molecular flexibility index (Phi) is 8.17. The third-order valence-electron chi connectivity index (χ3n) is 6.66. The molecule has 7 heteroatoms. The van der Waals surface area contributed by atoms with Crippen LogP contribution in [0.5, 0.6) is 5.75 Å². The van der Waals surface area contributed by atoms with Crippen LogP contribution in [-0.2, 0) is 22.5 Å². The molecule has 35 heavy (non-hydrogen) atoms. The summed E-state index contributed by atoms with van der Waals surface area (Å²) in [5, 5.41) is 33.2. The Bertz CT molecular complexity index is 1170. The van der Waals surface area contributed by atoms with Gasteiger partial charge in [0.1, 0.15) is 12.4 Å². The molecule has 0 amide bonds. The number of carboxylic acid groups (broad SMARTS) is 1. The first kappa shape index (κ1) is 24.5. The molecule has 1 aliphatic carbocycles. The molecule has 0 spiro atoms. The monoisotopic (exact) mass is 473 g/mol. The molecule has 0 atom stereocenters. The van der Waals surface area contributed by atoms with Gasteiger partial charge < -0.3 is 14.9 Å². The van der Waals surface area contributed by atoms with Gasteiger partial charge in [0.2, 0.25) is 0 Å². The van der Waals surface area contributed by atoms with Gasteiger partial charge in [-0.2, -0.15) is 10.4 Å². The highest BCUT2D eigenvalue weighted by Crippen LogP contribution is 2.38. The Morgan fingerprint density at radius 2 is 1.77 bits per heavy atom. The molecule has 0 radical (unpaired) electrons. The summed E-state index contributed by atoms with van der Waals surface area (Å²) >= 11 is 0. The molecular weight excluding hydrogens is 442 g/mol. The van der Waals surface area contributed by atoms with E-state index in [0.717, 1.165) is 60.3 Å². The summed E-state index contributed by atoms with van der Waals surface area (Å²) in [6.07, 6.45) is 4.99. The summed E-state index contributed by atoms with van der Waals surface area (Å²) in [6, 6.07) is 19.6. The fourth-order valence-electron chi connectivity index (χ4n) is 4.99. The number of benzene rings is 2. The van der Waals surface area contributed by atoms with Gasteiger partial charge in [-0.05, 0) is 55.2 Å². The third-order valence-corrected chi connectivity index (χ3v) is 6.66. The number of carbonyl (C=O) groups is 1. The maximum Gasteiger partial charge on any atom is 0.329 e. The number of aromatic nitrogens is 2. The second-order valence-electron chi connectivity index (χ2n) is 9.22. The van der Waals surface area contributed by atoms with Crippen molar-refractivity contribution >= 4 is 5.97 Å². The average molecular weight is 474 g/mol. The van der Waals surface area contributed by atoms with Crippen molar-refractivity contribution in [1.29, 1.82) is 5.26 Å². The van der Waals surface area contributed by atoms with Crippen LogP contribution in [0.4, 0.5) is 0 Å². The fourth-order valence-corrected chi connectivity index (χ4v) is 4.99. The molecule has 1 aromatic heterocycles. The third kappa shape index (κ3) is 6.28. The molecule has 0 bridgehead atoms. The molecule has 2 N–H and O–H groups in total. The first-order chi connectivity index (χ1) is 17.0. The molecular formula is C28H31N3O4. The topological polar surface area (TPSA) is 108 Å². The first-order valence-corrected chi connectivity index (χ1v) is 12.2. The van der Waals surface area contributed by atoms with E-state index in [4.69, 9.17) is 14.9 Å². The van der Waals surface area contributed by atoms with E-state index in [-0.39, 0.29) is 12.4 Å². The zero-order valence-electron chi connectivity index (χ0n) is 19.8. The van der Waals surface area contributed by atoms with Gasteiger partial charge >= 0.3 is 5.97 Å². The standard InChI is InChI=1S/C28H31N3O4/c29-15-5-10-25-27(23-8-4-9-24(32)16-23)28(22-6-2-1-3-7-22)31(30-25)17-20-11-13-21(14-12-20)18-35-19-26(33)34/h1-4,6-9,16,20-21,32H,5,10-14,17-19H2,(H,33,34)/t20-,21-. The molecule has 1 saturated carbocycles. The zero-order chi connectivity index (χ0) is 24.6. The van der Waals surface area contributed by atoms with E-state index in [2.05, 4.69) is 22.9 Å². The summed E-state index contributed by atoms with van der Waals surface area (Å²) in [6.45, 7) is 1.03. The van der Waals surface area contributed by atoms with Crippen molar-refractivity contribution < 1.29 is 19.7 Å². The molecule has 3 aromatic rings. The van der Waals surface area contributed by atoms with Crippen LogP contribution in [-0.4, -0.2) is 39.2 Å². The minimum Gasteiger partial charge on any atom is -0.508 e. The van der Waals surface area contributed by atoms with Gasteiger partial charge in [0.15, 0.2) is 0 Å². The smallest absolute Gasteiger partial charge is 0.329 e. The van der Waals surface area contributed by atoms with Crippen LogP contribution in [0.1, 0.15) is 37.8 Å². The van der Waals surface area contributed by atoms with Crippen LogP contribution < -0.4 is 0 Å². The Balaban J connectivity index is 1.62. The quantitative estimate of drug-likeness (QED) is 0.414. The number of carboxylic acids is 1. The molecule has 1 heterocycles. The van der Waals surface area contributed by atoms with Crippen molar-refractivity contribution in [3.63, 3.8) is 0 Å². The van der Waals surface area contributed by atoms with Crippen LogP contribution in [0.2, 0.25) is 0 Å². The van der Waals surface area contributed by atoms with E-state index in [1.54, 1.807) is 12.1 Å². The van der Waals surface area contributed by atoms with Crippen molar-refractivity contribution in [1.82, 2.24) is 9.78 Å². The second kappa shape index (κ2) is 11.7. The van der Waals surface area contributed by atoms with E-state index < -0.39 is 5.97 Å². The van der Waals surface area contributed by atoms with E-state index in [9.17, 15) is 15.2 Å². The normalized spacial score (nSPS) is 17.7. The molecule has 2 aromatic carbocycles. The molecule has 0 unspecified atom stereocenters. The van der Waals surface area contributed by atoms with Gasteiger partial charge in [0.25, 0.3) is 0 Å². The summed E-state index contributed by atoms with van der Waals surface area (Å²) < 4.78 is 7.41. The molecule has 4 rings (SSSR count). The van der Waals surface area contributed by atoms with Crippen LogP contribution in [0.15, 0.2) is 54.6 Å². The van der Waals surface area contributed by atoms with Crippen molar-refractivity contribution in [2.24, 2.45) is 11.8 Å². The molecule has 1 aliphatic rings. The first-order valence-electron chi connectivity index (χ1n) is 12.2. The lowest BCUT2D eigenvalue weighted by molar-refractivity contribution is -0.142. The number of hydrogen-bond acceptors (Lipinski definition) is 5. The number of aliphatic carboxylic acids is 1. The van der Waals surface area contributed by atoms with E-state index in [1.165, 1.54) is 0 Å². The number of phenolic OH excluding ortho intramolecular Hbond substituents is 1. The SMILES string of the molecule is N#CCCc1nn(C[C@H]2CC[C@H](COCC(=O)O)CC2)c(-c2ccccc2)c1-c1cccc(O)c1. The lowest BCUT2D eigenvalue weighted by Gasteiger charge is -2.28. The maximum absolute atomic E-state index is 10.7. The number of aryl methyl sites for hydroxylation is 1. The average Bonchev–Trinajstić information content (AvgIpc) is 3.22. The highest BCUT2D eigenvalue weighted by atomic mass is 16.5. The van der Waals surface area contributed by atoms with Gasteiger partial charge in [0, 0.05) is 30.5 Å². The van der Waals surface area contributed by atoms with Crippen molar-refractivity contribution in [2.75, 3.05) is 13.2 Å². The summed E-state index contributed by atoms with van der Waals surface area (Å²) in [5.41, 5.74) is 4.79. The predicted molar refractivity (Wildman–Crippen MR) is 133 cm³/mol. The van der Waals surface area contributed by atoms with Crippen molar-refractivity contribution in [2.45, 2.75) is 45.1 Å². The lowest BCUT2D eigenvalue weighted by Crippen LogP contribution is -2.23. The minimum atomic E-state index is -0.930. The maximum atomic E-state index is 10.7. The Labute approximate surface area is 205 Å². The van der Waals surface area contributed by atoms with Gasteiger partial charge in [-0.1, -0.05) is 42.5 Å². The molecule has 1 fully saturated rings. The van der Waals surface area contributed by atoms with Crippen LogP contribution in [0, 0.1) is 23.2 Å². The minimum absolute atomic E-state index is 0.198. The van der Waals surface area contributed by atoms with E-state index >= 15 is 0 Å². The number of rotatable bonds is 10. The number of phenols is 1. The lowest BCUT2D eigenvalue weighted by atomic mass is 9.82. The summed E-state index contributed by atoms with van der Waals surface area (Å²) in [7, 11) is 0. The molecule has 0 saturated heterocycles. The Morgan fingerprint density at radius 1 is 1.06 bits per heavy atom. The fraction of sp³-hybridized carbons (Fsp3) is 0.393. The zero-order valence-corrected chi connectivity index (χ0v) is 19.8. The van der Waals surface area contributed by atoms with Crippen LogP contribution in [0.25, 0.3) is 22.4 Å². The predicted octanol–water partition coefficient (Wildman–Crippen LogP) is 5.29. The highest BCUT2D eigenvalue weighted by Gasteiger charge is 2.26. The van der Waals surface area contributed by atoms with Crippen LogP contribution >= 0.6 is 0 Å². The van der Waals surface area contributed by atoms with Gasteiger partial charge in [-0.25, -0.2) is 4.79 Å². The van der Waals surface area contributed by atoms with Gasteiger partial charge in [-0.3, -0.25) is 4.68 Å². The number of hydrogen-bond donors (Lipinski definition) is 2. The van der Waals surface area contributed by atoms with Crippen LogP contribution in [0.3, 0.4) is 0 Å². The van der Waals surface area contributed by atoms with Gasteiger partial charge in [-0.15, -0.1) is 0 Å². The summed E-state index contributed by atoms with van der Waals surface area (Å²) in [4.78, 5) is 10.7.